The maximum Gasteiger partial charge on any atom is 0.262 e. The lowest BCUT2D eigenvalue weighted by Crippen LogP contribution is -2.26. The lowest BCUT2D eigenvalue weighted by atomic mass is 10.2. The molecule has 19 heavy (non-hydrogen) atoms. The van der Waals surface area contributed by atoms with Crippen LogP contribution in [0.2, 0.25) is 15.1 Å². The number of amides is 1. The van der Waals surface area contributed by atoms with Crippen molar-refractivity contribution in [2.24, 2.45) is 0 Å². The summed E-state index contributed by atoms with van der Waals surface area (Å²) >= 11 is 21.2. The van der Waals surface area contributed by atoms with Crippen molar-refractivity contribution in [3.8, 4) is 0 Å². The molecule has 0 spiro atoms. The molecule has 0 bridgehead atoms. The minimum atomic E-state index is -0.299. The average Bonchev–Trinajstić information content (AvgIpc) is 2.73. The molecule has 0 aliphatic rings. The van der Waals surface area contributed by atoms with Crippen molar-refractivity contribution in [2.75, 3.05) is 11.9 Å². The third kappa shape index (κ3) is 2.89. The van der Waals surface area contributed by atoms with Gasteiger partial charge in [0.2, 0.25) is 0 Å². The van der Waals surface area contributed by atoms with E-state index in [4.69, 9.17) is 34.8 Å². The second-order valence-corrected chi connectivity index (χ2v) is 5.72. The summed E-state index contributed by atoms with van der Waals surface area (Å²) in [5, 5.41) is 7.40. The summed E-state index contributed by atoms with van der Waals surface area (Å²) in [5.41, 5.74) is 0.774. The quantitative estimate of drug-likeness (QED) is 0.835. The van der Waals surface area contributed by atoms with E-state index in [0.717, 1.165) is 0 Å². The normalized spacial score (nSPS) is 10.6. The van der Waals surface area contributed by atoms with Crippen molar-refractivity contribution in [1.29, 1.82) is 0 Å². The van der Waals surface area contributed by atoms with Gasteiger partial charge in [0.15, 0.2) is 0 Å². The van der Waals surface area contributed by atoms with Gasteiger partial charge in [-0.1, -0.05) is 34.8 Å². The number of nitrogens with zero attached hydrogens (tertiary/aromatic N) is 2. The van der Waals surface area contributed by atoms with E-state index in [0.29, 0.717) is 30.9 Å². The predicted molar refractivity (Wildman–Crippen MR) is 80.5 cm³/mol. The van der Waals surface area contributed by atoms with E-state index in [1.807, 2.05) is 0 Å². The third-order valence-electron chi connectivity index (χ3n) is 2.44. The molecule has 0 radical (unpaired) electrons. The molecule has 0 saturated heterocycles. The second kappa shape index (κ2) is 5.71. The molecule has 0 unspecified atom stereocenters. The summed E-state index contributed by atoms with van der Waals surface area (Å²) in [7, 11) is 1.57. The average molecular weight is 383 g/mol. The van der Waals surface area contributed by atoms with Crippen LogP contribution in [0.5, 0.6) is 0 Å². The Balaban J connectivity index is 2.43. The highest BCUT2D eigenvalue weighted by Crippen LogP contribution is 2.36. The number of nitrogens with one attached hydrogen (secondary N) is 1. The van der Waals surface area contributed by atoms with Gasteiger partial charge >= 0.3 is 0 Å². The van der Waals surface area contributed by atoms with E-state index in [1.54, 1.807) is 7.05 Å². The molecule has 0 aliphatic carbocycles. The van der Waals surface area contributed by atoms with Crippen LogP contribution in [0.3, 0.4) is 0 Å². The van der Waals surface area contributed by atoms with Crippen LogP contribution in [0.15, 0.2) is 22.9 Å². The molecule has 100 valence electrons. The first kappa shape index (κ1) is 14.7. The van der Waals surface area contributed by atoms with Gasteiger partial charge in [0, 0.05) is 12.1 Å². The Labute approximate surface area is 132 Å². The Kier molecular flexibility index (Phi) is 4.40. The van der Waals surface area contributed by atoms with Crippen LogP contribution in [0.1, 0.15) is 10.4 Å². The van der Waals surface area contributed by atoms with E-state index in [1.165, 1.54) is 23.2 Å². The Morgan fingerprint density at radius 3 is 2.37 bits per heavy atom. The Morgan fingerprint density at radius 2 is 1.89 bits per heavy atom. The summed E-state index contributed by atoms with van der Waals surface area (Å²) < 4.78 is 0.491. The molecule has 0 saturated carbocycles. The van der Waals surface area contributed by atoms with Gasteiger partial charge in [0.05, 0.1) is 27.5 Å². The Bertz CT molecular complexity index is 621. The highest BCUT2D eigenvalue weighted by Gasteiger charge is 2.22. The monoisotopic (exact) mass is 381 g/mol. The van der Waals surface area contributed by atoms with Crippen LogP contribution >= 0.6 is 50.7 Å². The fraction of sp³-hybridized carbons (Fsp3) is 0.0909. The number of aromatic nitrogens is 2. The molecule has 1 amide bonds. The minimum absolute atomic E-state index is 0.299. The van der Waals surface area contributed by atoms with E-state index in [2.05, 4.69) is 26.1 Å². The fourth-order valence-corrected chi connectivity index (χ4v) is 3.00. The van der Waals surface area contributed by atoms with E-state index in [9.17, 15) is 4.79 Å². The molecular weight excluding hydrogens is 376 g/mol. The van der Waals surface area contributed by atoms with Gasteiger partial charge in [-0.2, -0.15) is 5.10 Å². The smallest absolute Gasteiger partial charge is 0.262 e. The van der Waals surface area contributed by atoms with E-state index < -0.39 is 0 Å². The number of carbonyl (C=O) groups excluding carboxylic acids is 1. The van der Waals surface area contributed by atoms with Crippen LogP contribution in [-0.2, 0) is 0 Å². The second-order valence-electron chi connectivity index (χ2n) is 3.68. The molecule has 1 aromatic heterocycles. The van der Waals surface area contributed by atoms with E-state index >= 15 is 0 Å². The van der Waals surface area contributed by atoms with Crippen LogP contribution in [-0.4, -0.2) is 23.2 Å². The van der Waals surface area contributed by atoms with Crippen molar-refractivity contribution in [1.82, 2.24) is 10.2 Å². The number of benzene rings is 1. The molecular formula is C11H7BrCl3N3O. The van der Waals surface area contributed by atoms with Crippen molar-refractivity contribution in [3.63, 3.8) is 0 Å². The fourth-order valence-electron chi connectivity index (χ4n) is 1.56. The third-order valence-corrected chi connectivity index (χ3v) is 3.84. The minimum Gasteiger partial charge on any atom is -0.308 e. The number of aromatic amines is 1. The molecule has 1 N–H and O–H groups in total. The lowest BCUT2D eigenvalue weighted by molar-refractivity contribution is 0.0992. The molecule has 4 nitrogen and oxygen atoms in total. The van der Waals surface area contributed by atoms with Crippen LogP contribution in [0.25, 0.3) is 0 Å². The van der Waals surface area contributed by atoms with Gasteiger partial charge < -0.3 is 4.90 Å². The topological polar surface area (TPSA) is 49.0 Å². The first-order valence-corrected chi connectivity index (χ1v) is 6.96. The number of anilines is 1. The van der Waals surface area contributed by atoms with Crippen LogP contribution in [0, 0.1) is 0 Å². The highest BCUT2D eigenvalue weighted by atomic mass is 79.9. The zero-order valence-corrected chi connectivity index (χ0v) is 13.4. The van der Waals surface area contributed by atoms with Crippen molar-refractivity contribution >= 4 is 62.3 Å². The summed E-state index contributed by atoms with van der Waals surface area (Å²) in [6.45, 7) is 0. The van der Waals surface area contributed by atoms with E-state index in [-0.39, 0.29) is 5.91 Å². The maximum absolute atomic E-state index is 12.3. The van der Waals surface area contributed by atoms with Crippen molar-refractivity contribution < 1.29 is 4.79 Å². The maximum atomic E-state index is 12.3. The largest absolute Gasteiger partial charge is 0.308 e. The molecule has 2 aromatic rings. The number of carbonyl (C=O) groups is 1. The van der Waals surface area contributed by atoms with Gasteiger partial charge in [0.25, 0.3) is 5.91 Å². The molecule has 0 aliphatic heterocycles. The van der Waals surface area contributed by atoms with Crippen LogP contribution < -0.4 is 4.90 Å². The summed E-state index contributed by atoms with van der Waals surface area (Å²) in [6, 6.07) is 3.05. The summed E-state index contributed by atoms with van der Waals surface area (Å²) in [4.78, 5) is 13.6. The number of rotatable bonds is 2. The summed E-state index contributed by atoms with van der Waals surface area (Å²) in [6.07, 6.45) is 1.42. The SMILES string of the molecule is CN(C(=O)c1cn[nH]c1Br)c1c(Cl)cc(Cl)cc1Cl. The molecule has 1 heterocycles. The molecule has 2 rings (SSSR count). The highest BCUT2D eigenvalue weighted by molar-refractivity contribution is 9.10. The van der Waals surface area contributed by atoms with Gasteiger partial charge in [0.1, 0.15) is 4.60 Å². The molecule has 8 heteroatoms. The molecule has 0 fully saturated rings. The number of hydrogen-bond donors (Lipinski definition) is 1. The zero-order valence-electron chi connectivity index (χ0n) is 9.55. The van der Waals surface area contributed by atoms with Gasteiger partial charge in [-0.3, -0.25) is 9.89 Å². The number of halogens is 4. The first-order valence-electron chi connectivity index (χ1n) is 5.03. The summed E-state index contributed by atoms with van der Waals surface area (Å²) in [5.74, 6) is -0.299. The van der Waals surface area contributed by atoms with Crippen molar-refractivity contribution in [3.05, 3.63) is 43.6 Å². The number of H-pyrrole nitrogens is 1. The predicted octanol–water partition coefficient (Wildman–Crippen LogP) is 4.41. The molecule has 1 aromatic carbocycles. The molecule has 0 atom stereocenters. The van der Waals surface area contributed by atoms with Gasteiger partial charge in [-0.05, 0) is 28.1 Å². The number of hydrogen-bond acceptors (Lipinski definition) is 2. The van der Waals surface area contributed by atoms with Gasteiger partial charge in [-0.15, -0.1) is 0 Å². The van der Waals surface area contributed by atoms with Gasteiger partial charge in [-0.25, -0.2) is 0 Å². The zero-order chi connectivity index (χ0) is 14.2. The Hall–Kier alpha value is -0.750. The standard InChI is InChI=1S/C11H7BrCl3N3O/c1-18(11(19)6-4-16-17-10(6)12)9-7(14)2-5(13)3-8(9)15/h2-4H,1H3,(H,16,17). The van der Waals surface area contributed by atoms with Crippen LogP contribution in [0.4, 0.5) is 5.69 Å². The Morgan fingerprint density at radius 1 is 1.32 bits per heavy atom. The first-order chi connectivity index (χ1) is 8.91. The lowest BCUT2D eigenvalue weighted by Gasteiger charge is -2.19. The van der Waals surface area contributed by atoms with Crippen molar-refractivity contribution in [2.45, 2.75) is 0 Å².